The van der Waals surface area contributed by atoms with Crippen LogP contribution in [0.3, 0.4) is 0 Å². The molecule has 0 spiro atoms. The molecule has 1 N–H and O–H groups in total. The molecule has 2 nitrogen and oxygen atoms in total. The zero-order valence-electron chi connectivity index (χ0n) is 15.2. The van der Waals surface area contributed by atoms with Gasteiger partial charge in [-0.2, -0.15) is 0 Å². The fraction of sp³-hybridized carbons (Fsp3) is 0.455. The van der Waals surface area contributed by atoms with E-state index in [0.717, 1.165) is 41.2 Å². The summed E-state index contributed by atoms with van der Waals surface area (Å²) in [6.45, 7) is 6.34. The van der Waals surface area contributed by atoms with Crippen molar-refractivity contribution in [1.29, 1.82) is 0 Å². The highest BCUT2D eigenvalue weighted by Crippen LogP contribution is 2.29. The van der Waals surface area contributed by atoms with Gasteiger partial charge in [-0.05, 0) is 68.5 Å². The average Bonchev–Trinajstić information content (AvgIpc) is 2.62. The minimum Gasteiger partial charge on any atom is -0.385 e. The maximum atomic E-state index is 11.0. The first-order valence-electron chi connectivity index (χ1n) is 9.29. The average molecular weight is 358 g/mol. The van der Waals surface area contributed by atoms with E-state index in [-0.39, 0.29) is 0 Å². The first-order chi connectivity index (χ1) is 12.0. The Balaban J connectivity index is 1.66. The minimum atomic E-state index is -0.796. The third-order valence-corrected chi connectivity index (χ3v) is 5.76. The van der Waals surface area contributed by atoms with Gasteiger partial charge in [-0.15, -0.1) is 0 Å². The number of halogens is 1. The maximum Gasteiger partial charge on any atom is 0.0880 e. The van der Waals surface area contributed by atoms with Gasteiger partial charge in [0.1, 0.15) is 0 Å². The van der Waals surface area contributed by atoms with Crippen LogP contribution in [0, 0.1) is 0 Å². The van der Waals surface area contributed by atoms with Gasteiger partial charge in [0.15, 0.2) is 0 Å². The van der Waals surface area contributed by atoms with E-state index in [4.69, 9.17) is 11.6 Å². The van der Waals surface area contributed by atoms with Crippen LogP contribution in [0.2, 0.25) is 5.02 Å². The zero-order valence-corrected chi connectivity index (χ0v) is 16.0. The van der Waals surface area contributed by atoms with Crippen molar-refractivity contribution in [2.24, 2.45) is 0 Å². The van der Waals surface area contributed by atoms with Crippen LogP contribution in [0.4, 0.5) is 0 Å². The van der Waals surface area contributed by atoms with E-state index in [1.165, 1.54) is 19.3 Å². The topological polar surface area (TPSA) is 23.5 Å². The van der Waals surface area contributed by atoms with Crippen molar-refractivity contribution in [3.8, 4) is 11.1 Å². The van der Waals surface area contributed by atoms with Crippen LogP contribution in [0.25, 0.3) is 11.1 Å². The van der Waals surface area contributed by atoms with Crippen molar-refractivity contribution in [2.75, 3.05) is 13.1 Å². The molecule has 0 aliphatic carbocycles. The fourth-order valence-electron chi connectivity index (χ4n) is 3.66. The largest absolute Gasteiger partial charge is 0.385 e. The molecule has 2 aromatic carbocycles. The molecule has 3 rings (SSSR count). The molecule has 2 aromatic rings. The van der Waals surface area contributed by atoms with Crippen LogP contribution in [-0.4, -0.2) is 29.1 Å². The van der Waals surface area contributed by atoms with Gasteiger partial charge >= 0.3 is 0 Å². The molecule has 134 valence electrons. The lowest BCUT2D eigenvalue weighted by Gasteiger charge is -2.35. The van der Waals surface area contributed by atoms with Crippen molar-refractivity contribution in [2.45, 2.75) is 51.2 Å². The van der Waals surface area contributed by atoms with Gasteiger partial charge in [0.2, 0.25) is 0 Å². The fourth-order valence-corrected chi connectivity index (χ4v) is 3.79. The third-order valence-electron chi connectivity index (χ3n) is 5.51. The van der Waals surface area contributed by atoms with Gasteiger partial charge in [-0.3, -0.25) is 0 Å². The van der Waals surface area contributed by atoms with Crippen LogP contribution in [0.15, 0.2) is 48.5 Å². The highest BCUT2D eigenvalue weighted by atomic mass is 35.5. The summed E-state index contributed by atoms with van der Waals surface area (Å²) in [5, 5.41) is 11.7. The van der Waals surface area contributed by atoms with E-state index < -0.39 is 5.60 Å². The maximum absolute atomic E-state index is 11.0. The number of aliphatic hydroxyl groups is 1. The van der Waals surface area contributed by atoms with Crippen molar-refractivity contribution in [1.82, 2.24) is 4.90 Å². The number of piperidine rings is 1. The van der Waals surface area contributed by atoms with E-state index in [2.05, 4.69) is 24.0 Å². The Morgan fingerprint density at radius 2 is 1.64 bits per heavy atom. The SMILES string of the molecule is CC1CCCCN1CCC(C)(O)c1ccc(-c2ccc(Cl)cc2)cc1. The molecule has 25 heavy (non-hydrogen) atoms. The van der Waals surface area contributed by atoms with Crippen LogP contribution >= 0.6 is 11.6 Å². The molecule has 1 fully saturated rings. The van der Waals surface area contributed by atoms with Gasteiger partial charge in [0.05, 0.1) is 5.60 Å². The van der Waals surface area contributed by atoms with Crippen molar-refractivity contribution in [3.05, 3.63) is 59.1 Å². The van der Waals surface area contributed by atoms with E-state index in [0.29, 0.717) is 6.04 Å². The minimum absolute atomic E-state index is 0.636. The van der Waals surface area contributed by atoms with Gasteiger partial charge in [0, 0.05) is 17.6 Å². The summed E-state index contributed by atoms with van der Waals surface area (Å²) >= 11 is 5.96. The molecule has 1 heterocycles. The third kappa shape index (κ3) is 4.63. The molecule has 0 aromatic heterocycles. The molecule has 3 heteroatoms. The second-order valence-electron chi connectivity index (χ2n) is 7.49. The summed E-state index contributed by atoms with van der Waals surface area (Å²) in [4.78, 5) is 2.51. The number of hydrogen-bond donors (Lipinski definition) is 1. The highest BCUT2D eigenvalue weighted by Gasteiger charge is 2.26. The summed E-state index contributed by atoms with van der Waals surface area (Å²) in [5.41, 5.74) is 2.46. The number of nitrogens with zero attached hydrogens (tertiary/aromatic N) is 1. The molecule has 0 amide bonds. The molecular weight excluding hydrogens is 330 g/mol. The van der Waals surface area contributed by atoms with Crippen molar-refractivity contribution >= 4 is 11.6 Å². The van der Waals surface area contributed by atoms with E-state index in [1.807, 2.05) is 43.3 Å². The number of rotatable bonds is 5. The quantitative estimate of drug-likeness (QED) is 0.765. The van der Waals surface area contributed by atoms with Gasteiger partial charge in [-0.1, -0.05) is 54.4 Å². The van der Waals surface area contributed by atoms with E-state index >= 15 is 0 Å². The Morgan fingerprint density at radius 1 is 1.04 bits per heavy atom. The second-order valence-corrected chi connectivity index (χ2v) is 7.93. The summed E-state index contributed by atoms with van der Waals surface area (Å²) in [5.74, 6) is 0. The first-order valence-corrected chi connectivity index (χ1v) is 9.66. The van der Waals surface area contributed by atoms with E-state index in [1.54, 1.807) is 0 Å². The standard InChI is InChI=1S/C22H28ClNO/c1-17-5-3-4-15-24(17)16-14-22(2,25)20-10-6-18(7-11-20)19-8-12-21(23)13-9-19/h6-13,17,25H,3-5,14-16H2,1-2H3. The Morgan fingerprint density at radius 3 is 2.24 bits per heavy atom. The normalized spacial score (nSPS) is 21.0. The number of likely N-dealkylation sites (tertiary alicyclic amines) is 1. The summed E-state index contributed by atoms with van der Waals surface area (Å²) in [6, 6.07) is 16.7. The molecule has 0 saturated carbocycles. The Kier molecular flexibility index (Phi) is 5.83. The molecule has 1 aliphatic rings. The lowest BCUT2D eigenvalue weighted by Crippen LogP contribution is -2.40. The van der Waals surface area contributed by atoms with Gasteiger partial charge < -0.3 is 10.0 Å². The van der Waals surface area contributed by atoms with Crippen molar-refractivity contribution in [3.63, 3.8) is 0 Å². The Labute approximate surface area is 156 Å². The Bertz CT molecular complexity index is 678. The molecule has 2 unspecified atom stereocenters. The van der Waals surface area contributed by atoms with E-state index in [9.17, 15) is 5.11 Å². The summed E-state index contributed by atoms with van der Waals surface area (Å²) in [7, 11) is 0. The number of benzene rings is 2. The summed E-state index contributed by atoms with van der Waals surface area (Å²) in [6.07, 6.45) is 4.65. The molecule has 1 aliphatic heterocycles. The predicted molar refractivity (Wildman–Crippen MR) is 106 cm³/mol. The lowest BCUT2D eigenvalue weighted by atomic mass is 9.90. The molecule has 1 saturated heterocycles. The Hall–Kier alpha value is -1.35. The number of hydrogen-bond acceptors (Lipinski definition) is 2. The molecule has 2 atom stereocenters. The zero-order chi connectivity index (χ0) is 17.9. The van der Waals surface area contributed by atoms with Crippen LogP contribution in [0.5, 0.6) is 0 Å². The van der Waals surface area contributed by atoms with Crippen LogP contribution in [0.1, 0.15) is 45.1 Å². The predicted octanol–water partition coefficient (Wildman–Crippen LogP) is 5.48. The van der Waals surface area contributed by atoms with Gasteiger partial charge in [-0.25, -0.2) is 0 Å². The molecular formula is C22H28ClNO. The first kappa shape index (κ1) is 18.4. The van der Waals surface area contributed by atoms with Crippen LogP contribution in [-0.2, 0) is 5.60 Å². The summed E-state index contributed by atoms with van der Waals surface area (Å²) < 4.78 is 0. The smallest absolute Gasteiger partial charge is 0.0880 e. The van der Waals surface area contributed by atoms with Gasteiger partial charge in [0.25, 0.3) is 0 Å². The highest BCUT2D eigenvalue weighted by molar-refractivity contribution is 6.30. The second kappa shape index (κ2) is 7.90. The monoisotopic (exact) mass is 357 g/mol. The lowest BCUT2D eigenvalue weighted by molar-refractivity contribution is 0.0270. The molecule has 0 bridgehead atoms. The van der Waals surface area contributed by atoms with Crippen LogP contribution < -0.4 is 0 Å². The molecule has 0 radical (unpaired) electrons. The van der Waals surface area contributed by atoms with Crippen molar-refractivity contribution < 1.29 is 5.11 Å².